The Labute approximate surface area is 119 Å². The molecule has 1 fully saturated rings. The summed E-state index contributed by atoms with van der Waals surface area (Å²) in [6.07, 6.45) is 4.57. The van der Waals surface area contributed by atoms with E-state index in [4.69, 9.17) is 5.11 Å². The molecule has 1 saturated heterocycles. The van der Waals surface area contributed by atoms with E-state index in [1.807, 2.05) is 6.92 Å². The molecule has 1 aliphatic heterocycles. The Morgan fingerprint density at radius 1 is 1.35 bits per heavy atom. The molecule has 112 valence electrons. The average molecular weight is 300 g/mol. The second-order valence-electron chi connectivity index (χ2n) is 5.00. The fraction of sp³-hybridized carbons (Fsp3) is 0.667. The maximum atomic E-state index is 12.1. The number of nitrogens with zero attached hydrogens (tertiary/aromatic N) is 3. The van der Waals surface area contributed by atoms with E-state index in [2.05, 4.69) is 14.7 Å². The number of aryl methyl sites for hydroxylation is 1. The normalized spacial score (nSPS) is 18.3. The molecular weight excluding hydrogens is 280 g/mol. The van der Waals surface area contributed by atoms with E-state index in [1.165, 1.54) is 4.31 Å². The molecule has 0 spiro atoms. The quantitative estimate of drug-likeness (QED) is 0.787. The van der Waals surface area contributed by atoms with Crippen LogP contribution in [0.15, 0.2) is 12.4 Å². The van der Waals surface area contributed by atoms with E-state index in [0.29, 0.717) is 31.6 Å². The first-order valence-electron chi connectivity index (χ1n) is 6.64. The molecule has 0 saturated carbocycles. The molecule has 2 heterocycles. The minimum Gasteiger partial charge on any atom is -0.396 e. The number of nitrogens with one attached hydrogen (secondary N) is 1. The molecule has 0 atom stereocenters. The van der Waals surface area contributed by atoms with Gasteiger partial charge in [-0.1, -0.05) is 0 Å². The summed E-state index contributed by atoms with van der Waals surface area (Å²) in [4.78, 5) is 8.19. The molecule has 0 bridgehead atoms. The Morgan fingerprint density at radius 3 is 2.60 bits per heavy atom. The largest absolute Gasteiger partial charge is 0.396 e. The second-order valence-corrected chi connectivity index (χ2v) is 6.76. The minimum atomic E-state index is -3.49. The Morgan fingerprint density at radius 2 is 2.05 bits per heavy atom. The number of hydrogen-bond acceptors (Lipinski definition) is 5. The van der Waals surface area contributed by atoms with Crippen LogP contribution in [0, 0.1) is 12.8 Å². The lowest BCUT2D eigenvalue weighted by Gasteiger charge is -2.30. The van der Waals surface area contributed by atoms with E-state index in [1.54, 1.807) is 12.4 Å². The van der Waals surface area contributed by atoms with Gasteiger partial charge in [0.2, 0.25) is 0 Å². The first kappa shape index (κ1) is 15.3. The van der Waals surface area contributed by atoms with E-state index >= 15 is 0 Å². The smallest absolute Gasteiger partial charge is 0.279 e. The Hall–Kier alpha value is -1.09. The first-order chi connectivity index (χ1) is 9.51. The summed E-state index contributed by atoms with van der Waals surface area (Å²) in [5.74, 6) is 0.212. The highest BCUT2D eigenvalue weighted by Crippen LogP contribution is 2.18. The van der Waals surface area contributed by atoms with Crippen LogP contribution in [0.4, 0.5) is 0 Å². The van der Waals surface area contributed by atoms with Crippen LogP contribution in [0.5, 0.6) is 0 Å². The van der Waals surface area contributed by atoms with Gasteiger partial charge in [-0.3, -0.25) is 9.97 Å². The lowest BCUT2D eigenvalue weighted by atomic mass is 10.00. The van der Waals surface area contributed by atoms with Crippen molar-refractivity contribution in [1.29, 1.82) is 0 Å². The lowest BCUT2D eigenvalue weighted by molar-refractivity contribution is 0.169. The Kier molecular flexibility index (Phi) is 5.03. The van der Waals surface area contributed by atoms with Gasteiger partial charge in [0.1, 0.15) is 0 Å². The molecule has 7 nitrogen and oxygen atoms in total. The number of rotatable bonds is 5. The van der Waals surface area contributed by atoms with Crippen LogP contribution >= 0.6 is 0 Å². The van der Waals surface area contributed by atoms with Crippen molar-refractivity contribution in [2.45, 2.75) is 26.3 Å². The molecule has 8 heteroatoms. The van der Waals surface area contributed by atoms with Crippen molar-refractivity contribution in [3.63, 3.8) is 0 Å². The molecule has 2 N–H and O–H groups in total. The zero-order chi connectivity index (χ0) is 14.6. The number of hydrogen-bond donors (Lipinski definition) is 2. The highest BCUT2D eigenvalue weighted by Gasteiger charge is 2.27. The summed E-state index contributed by atoms with van der Waals surface area (Å²) in [5.41, 5.74) is 1.38. The van der Waals surface area contributed by atoms with Crippen molar-refractivity contribution in [3.05, 3.63) is 23.8 Å². The highest BCUT2D eigenvalue weighted by molar-refractivity contribution is 7.87. The summed E-state index contributed by atoms with van der Waals surface area (Å²) in [6.45, 7) is 2.97. The third-order valence-electron chi connectivity index (χ3n) is 3.44. The van der Waals surface area contributed by atoms with Crippen LogP contribution in [0.3, 0.4) is 0 Å². The van der Waals surface area contributed by atoms with E-state index < -0.39 is 10.2 Å². The van der Waals surface area contributed by atoms with E-state index in [9.17, 15) is 8.42 Å². The van der Waals surface area contributed by atoms with Crippen LogP contribution in [-0.4, -0.2) is 47.5 Å². The molecule has 0 aromatic carbocycles. The zero-order valence-corrected chi connectivity index (χ0v) is 12.3. The molecule has 0 radical (unpaired) electrons. The van der Waals surface area contributed by atoms with Gasteiger partial charge in [0.15, 0.2) is 0 Å². The van der Waals surface area contributed by atoms with Gasteiger partial charge in [-0.2, -0.15) is 17.4 Å². The number of piperidine rings is 1. The molecule has 0 unspecified atom stereocenters. The third kappa shape index (κ3) is 3.95. The summed E-state index contributed by atoms with van der Waals surface area (Å²) in [6, 6.07) is 0. The average Bonchev–Trinajstić information content (AvgIpc) is 2.47. The highest BCUT2D eigenvalue weighted by atomic mass is 32.2. The molecular formula is C12H20N4O3S. The van der Waals surface area contributed by atoms with Gasteiger partial charge in [0, 0.05) is 25.9 Å². The fourth-order valence-corrected chi connectivity index (χ4v) is 3.30. The maximum absolute atomic E-state index is 12.1. The van der Waals surface area contributed by atoms with E-state index in [-0.39, 0.29) is 19.1 Å². The van der Waals surface area contributed by atoms with E-state index in [0.717, 1.165) is 5.69 Å². The molecule has 1 aromatic rings. The number of aliphatic hydroxyl groups is 1. The minimum absolute atomic E-state index is 0.125. The summed E-state index contributed by atoms with van der Waals surface area (Å²) in [5, 5.41) is 9.06. The van der Waals surface area contributed by atoms with Gasteiger partial charge in [0.25, 0.3) is 10.2 Å². The summed E-state index contributed by atoms with van der Waals surface area (Å²) in [7, 11) is -3.49. The lowest BCUT2D eigenvalue weighted by Crippen LogP contribution is -2.45. The van der Waals surface area contributed by atoms with Gasteiger partial charge >= 0.3 is 0 Å². The first-order valence-corrected chi connectivity index (χ1v) is 8.08. The van der Waals surface area contributed by atoms with Gasteiger partial charge in [0.05, 0.1) is 24.1 Å². The standard InChI is InChI=1S/C12H20N4O3S/c1-10-6-14-12(7-13-10)8-15-20(18,19)16-4-2-11(9-17)3-5-16/h6-7,11,15,17H,2-5,8-9H2,1H3. The summed E-state index contributed by atoms with van der Waals surface area (Å²) >= 11 is 0. The molecule has 20 heavy (non-hydrogen) atoms. The molecule has 2 rings (SSSR count). The van der Waals surface area contributed by atoms with Gasteiger partial charge < -0.3 is 5.11 Å². The maximum Gasteiger partial charge on any atom is 0.279 e. The Bertz CT molecular complexity index is 524. The predicted octanol–water partition coefficient (Wildman–Crippen LogP) is -0.176. The van der Waals surface area contributed by atoms with Crippen molar-refractivity contribution in [3.8, 4) is 0 Å². The predicted molar refractivity (Wildman–Crippen MR) is 73.9 cm³/mol. The fourth-order valence-electron chi connectivity index (χ4n) is 2.10. The van der Waals surface area contributed by atoms with Crippen LogP contribution in [-0.2, 0) is 16.8 Å². The van der Waals surface area contributed by atoms with Crippen molar-refractivity contribution in [2.24, 2.45) is 5.92 Å². The van der Waals surface area contributed by atoms with Gasteiger partial charge in [-0.15, -0.1) is 0 Å². The molecule has 0 amide bonds. The summed E-state index contributed by atoms with van der Waals surface area (Å²) < 4.78 is 28.2. The van der Waals surface area contributed by atoms with Crippen LogP contribution in [0.1, 0.15) is 24.2 Å². The van der Waals surface area contributed by atoms with Crippen LogP contribution in [0.2, 0.25) is 0 Å². The second kappa shape index (κ2) is 6.57. The van der Waals surface area contributed by atoms with Gasteiger partial charge in [-0.05, 0) is 25.7 Å². The monoisotopic (exact) mass is 300 g/mol. The van der Waals surface area contributed by atoms with Crippen molar-refractivity contribution >= 4 is 10.2 Å². The number of aliphatic hydroxyl groups excluding tert-OH is 1. The van der Waals surface area contributed by atoms with Crippen molar-refractivity contribution in [1.82, 2.24) is 19.0 Å². The number of aromatic nitrogens is 2. The molecule has 1 aromatic heterocycles. The van der Waals surface area contributed by atoms with Crippen LogP contribution < -0.4 is 4.72 Å². The van der Waals surface area contributed by atoms with Crippen molar-refractivity contribution < 1.29 is 13.5 Å². The van der Waals surface area contributed by atoms with Gasteiger partial charge in [-0.25, -0.2) is 0 Å². The van der Waals surface area contributed by atoms with Crippen LogP contribution in [0.25, 0.3) is 0 Å². The zero-order valence-electron chi connectivity index (χ0n) is 11.5. The third-order valence-corrected chi connectivity index (χ3v) is 5.00. The molecule has 1 aliphatic rings. The van der Waals surface area contributed by atoms with Crippen molar-refractivity contribution in [2.75, 3.05) is 19.7 Å². The molecule has 0 aliphatic carbocycles. The SMILES string of the molecule is Cc1cnc(CNS(=O)(=O)N2CCC(CO)CC2)cn1. The topological polar surface area (TPSA) is 95.4 Å². The Balaban J connectivity index is 1.89.